The number of sulfone groups is 1. The molecule has 0 spiro atoms. The first-order chi connectivity index (χ1) is 10.4. The maximum absolute atomic E-state index is 11.2. The second kappa shape index (κ2) is 5.85. The summed E-state index contributed by atoms with van der Waals surface area (Å²) in [5, 5.41) is 4.06. The van der Waals surface area contributed by atoms with Crippen LogP contribution < -0.4 is 5.73 Å². The lowest BCUT2D eigenvalue weighted by Gasteiger charge is -2.14. The fourth-order valence-electron chi connectivity index (χ4n) is 2.52. The molecular formula is C14H20N4O3S. The van der Waals surface area contributed by atoms with Gasteiger partial charge in [-0.2, -0.15) is 4.98 Å². The molecule has 0 aromatic carbocycles. The van der Waals surface area contributed by atoms with Gasteiger partial charge in [-0.25, -0.2) is 8.42 Å². The number of nitrogens with zero attached hydrogens (tertiary/aromatic N) is 3. The Morgan fingerprint density at radius 2 is 2.09 bits per heavy atom. The van der Waals surface area contributed by atoms with Crippen LogP contribution in [-0.4, -0.2) is 35.1 Å². The molecule has 1 fully saturated rings. The molecule has 2 aromatic rings. The normalized spacial score (nSPS) is 18.3. The van der Waals surface area contributed by atoms with Crippen LogP contribution in [0.1, 0.15) is 43.1 Å². The molecule has 3 rings (SSSR count). The summed E-state index contributed by atoms with van der Waals surface area (Å²) >= 11 is 0. The molecule has 2 atom stereocenters. The maximum Gasteiger partial charge on any atom is 0.243 e. The Kier molecular flexibility index (Phi) is 4.05. The first kappa shape index (κ1) is 15.2. The summed E-state index contributed by atoms with van der Waals surface area (Å²) in [7, 11) is -3.05. The van der Waals surface area contributed by atoms with E-state index < -0.39 is 15.9 Å². The van der Waals surface area contributed by atoms with Crippen molar-refractivity contribution in [1.29, 1.82) is 0 Å². The van der Waals surface area contributed by atoms with Crippen LogP contribution in [0.3, 0.4) is 0 Å². The van der Waals surface area contributed by atoms with Crippen LogP contribution in [0.5, 0.6) is 0 Å². The quantitative estimate of drug-likeness (QED) is 0.823. The van der Waals surface area contributed by atoms with Gasteiger partial charge in [0.2, 0.25) is 5.89 Å². The van der Waals surface area contributed by atoms with Gasteiger partial charge < -0.3 is 14.8 Å². The van der Waals surface area contributed by atoms with E-state index in [1.165, 1.54) is 6.26 Å². The van der Waals surface area contributed by atoms with Crippen LogP contribution in [0.4, 0.5) is 0 Å². The Morgan fingerprint density at radius 1 is 1.41 bits per heavy atom. The number of rotatable bonds is 7. The Balaban J connectivity index is 1.75. The number of hydrogen-bond donors (Lipinski definition) is 1. The lowest BCUT2D eigenvalue weighted by Crippen LogP contribution is -2.17. The SMILES string of the molecule is CS(=O)(=O)CCC(N)c1nc(C(C2CC2)n2cccc2)no1. The summed E-state index contributed by atoms with van der Waals surface area (Å²) in [6, 6.07) is 3.44. The molecule has 0 bridgehead atoms. The first-order valence-electron chi connectivity index (χ1n) is 7.33. The highest BCUT2D eigenvalue weighted by Gasteiger charge is 2.36. The molecule has 7 nitrogen and oxygen atoms in total. The molecule has 0 amide bonds. The third-order valence-electron chi connectivity index (χ3n) is 3.86. The standard InChI is InChI=1S/C14H20N4O3S/c1-22(19,20)9-6-11(15)14-16-13(17-21-14)12(10-4-5-10)18-7-2-3-8-18/h2-3,7-8,10-12H,4-6,9,15H2,1H3. The zero-order valence-corrected chi connectivity index (χ0v) is 13.2. The molecule has 2 N–H and O–H groups in total. The van der Waals surface area contributed by atoms with Gasteiger partial charge in [-0.3, -0.25) is 0 Å². The van der Waals surface area contributed by atoms with Crippen molar-refractivity contribution in [1.82, 2.24) is 14.7 Å². The van der Waals surface area contributed by atoms with E-state index in [1.807, 2.05) is 24.5 Å². The van der Waals surface area contributed by atoms with Crippen molar-refractivity contribution in [3.8, 4) is 0 Å². The zero-order valence-electron chi connectivity index (χ0n) is 12.4. The van der Waals surface area contributed by atoms with Gasteiger partial charge in [0, 0.05) is 18.6 Å². The molecule has 0 radical (unpaired) electrons. The third kappa shape index (κ3) is 3.56. The van der Waals surface area contributed by atoms with E-state index in [4.69, 9.17) is 10.3 Å². The van der Waals surface area contributed by atoms with E-state index in [0.717, 1.165) is 12.8 Å². The smallest absolute Gasteiger partial charge is 0.243 e. The van der Waals surface area contributed by atoms with Crippen LogP contribution in [0.25, 0.3) is 0 Å². The van der Waals surface area contributed by atoms with Gasteiger partial charge in [-0.1, -0.05) is 5.16 Å². The first-order valence-corrected chi connectivity index (χ1v) is 9.39. The third-order valence-corrected chi connectivity index (χ3v) is 4.83. The van der Waals surface area contributed by atoms with Crippen molar-refractivity contribution in [3.05, 3.63) is 36.2 Å². The highest BCUT2D eigenvalue weighted by atomic mass is 32.2. The van der Waals surface area contributed by atoms with Gasteiger partial charge in [0.15, 0.2) is 5.82 Å². The molecule has 1 aliphatic rings. The summed E-state index contributed by atoms with van der Waals surface area (Å²) in [6.07, 6.45) is 7.73. The minimum absolute atomic E-state index is 0.00946. The van der Waals surface area contributed by atoms with Gasteiger partial charge in [-0.05, 0) is 37.3 Å². The molecule has 2 unspecified atom stereocenters. The minimum Gasteiger partial charge on any atom is -0.343 e. The number of nitrogens with two attached hydrogens (primary N) is 1. The zero-order chi connectivity index (χ0) is 15.7. The van der Waals surface area contributed by atoms with E-state index in [1.54, 1.807) is 0 Å². The van der Waals surface area contributed by atoms with E-state index in [2.05, 4.69) is 14.7 Å². The van der Waals surface area contributed by atoms with E-state index in [0.29, 0.717) is 17.6 Å². The van der Waals surface area contributed by atoms with Crippen LogP contribution in [-0.2, 0) is 9.84 Å². The van der Waals surface area contributed by atoms with Crippen LogP contribution >= 0.6 is 0 Å². The molecule has 22 heavy (non-hydrogen) atoms. The predicted octanol–water partition coefficient (Wildman–Crippen LogP) is 1.30. The van der Waals surface area contributed by atoms with Gasteiger partial charge in [-0.15, -0.1) is 0 Å². The predicted molar refractivity (Wildman–Crippen MR) is 80.8 cm³/mol. The van der Waals surface area contributed by atoms with Gasteiger partial charge in [0.1, 0.15) is 9.84 Å². The second-order valence-corrected chi connectivity index (χ2v) is 8.19. The Hall–Kier alpha value is -1.67. The van der Waals surface area contributed by atoms with Gasteiger partial charge in [0.25, 0.3) is 0 Å². The van der Waals surface area contributed by atoms with Gasteiger partial charge in [0.05, 0.1) is 17.8 Å². The molecule has 8 heteroatoms. The summed E-state index contributed by atoms with van der Waals surface area (Å²) in [5.74, 6) is 1.44. The average molecular weight is 324 g/mol. The monoisotopic (exact) mass is 324 g/mol. The molecular weight excluding hydrogens is 304 g/mol. The lowest BCUT2D eigenvalue weighted by molar-refractivity contribution is 0.341. The molecule has 1 saturated carbocycles. The largest absolute Gasteiger partial charge is 0.343 e. The fourth-order valence-corrected chi connectivity index (χ4v) is 3.20. The van der Waals surface area contributed by atoms with Crippen molar-refractivity contribution in [2.75, 3.05) is 12.0 Å². The van der Waals surface area contributed by atoms with Crippen molar-refractivity contribution in [3.63, 3.8) is 0 Å². The highest BCUT2D eigenvalue weighted by Crippen LogP contribution is 2.42. The molecule has 0 aliphatic heterocycles. The van der Waals surface area contributed by atoms with Crippen molar-refractivity contribution < 1.29 is 12.9 Å². The molecule has 2 aromatic heterocycles. The molecule has 2 heterocycles. The van der Waals surface area contributed by atoms with Crippen LogP contribution in [0, 0.1) is 5.92 Å². The van der Waals surface area contributed by atoms with Crippen LogP contribution in [0.15, 0.2) is 29.0 Å². The fraction of sp³-hybridized carbons (Fsp3) is 0.571. The van der Waals surface area contributed by atoms with Crippen molar-refractivity contribution in [2.24, 2.45) is 11.7 Å². The average Bonchev–Trinajstić information content (AvgIpc) is 2.94. The highest BCUT2D eigenvalue weighted by molar-refractivity contribution is 7.90. The Bertz CT molecular complexity index is 719. The summed E-state index contributed by atoms with van der Waals surface area (Å²) in [5.41, 5.74) is 5.96. The number of aromatic nitrogens is 3. The van der Waals surface area contributed by atoms with Crippen LogP contribution in [0.2, 0.25) is 0 Å². The van der Waals surface area contributed by atoms with Crippen molar-refractivity contribution >= 4 is 9.84 Å². The summed E-state index contributed by atoms with van der Waals surface area (Å²) in [4.78, 5) is 4.41. The minimum atomic E-state index is -3.05. The topological polar surface area (TPSA) is 104 Å². The Morgan fingerprint density at radius 3 is 2.68 bits per heavy atom. The molecule has 1 aliphatic carbocycles. The van der Waals surface area contributed by atoms with E-state index >= 15 is 0 Å². The second-order valence-electron chi connectivity index (χ2n) is 5.93. The Labute approximate surface area is 129 Å². The molecule has 120 valence electrons. The number of hydrogen-bond acceptors (Lipinski definition) is 6. The van der Waals surface area contributed by atoms with E-state index in [-0.39, 0.29) is 18.2 Å². The lowest BCUT2D eigenvalue weighted by atomic mass is 10.1. The van der Waals surface area contributed by atoms with Gasteiger partial charge >= 0.3 is 0 Å². The molecule has 0 saturated heterocycles. The summed E-state index contributed by atoms with van der Waals surface area (Å²) < 4.78 is 29.7. The van der Waals surface area contributed by atoms with E-state index in [9.17, 15) is 8.42 Å². The summed E-state index contributed by atoms with van der Waals surface area (Å²) in [6.45, 7) is 0. The van der Waals surface area contributed by atoms with Crippen molar-refractivity contribution in [2.45, 2.75) is 31.3 Å². The maximum atomic E-state index is 11.2.